The van der Waals surface area contributed by atoms with E-state index in [1.165, 1.54) is 7.05 Å². The molecule has 0 aliphatic heterocycles. The molecule has 6 heteroatoms. The lowest BCUT2D eigenvalue weighted by Gasteiger charge is -2.28. The van der Waals surface area contributed by atoms with E-state index >= 15 is 0 Å². The second-order valence-corrected chi connectivity index (χ2v) is 2.46. The van der Waals surface area contributed by atoms with E-state index < -0.39 is 31.4 Å². The minimum absolute atomic E-state index is 0.520. The predicted molar refractivity (Wildman–Crippen MR) is 41.6 cm³/mol. The van der Waals surface area contributed by atoms with Crippen LogP contribution >= 0.6 is 0 Å². The van der Waals surface area contributed by atoms with Crippen molar-refractivity contribution < 1.29 is 20.1 Å². The normalized spacial score (nSPS) is 11.0. The molecular weight excluding hydrogens is 164 g/mol. The predicted octanol–water partition coefficient (Wildman–Crippen LogP) is -2.37. The van der Waals surface area contributed by atoms with Gasteiger partial charge in [-0.05, 0) is 0 Å². The Balaban J connectivity index is 4.19. The molecule has 0 aromatic heterocycles. The minimum atomic E-state index is -1.35. The van der Waals surface area contributed by atoms with Crippen molar-refractivity contribution in [3.8, 4) is 0 Å². The van der Waals surface area contributed by atoms with E-state index in [1.54, 1.807) is 0 Å². The van der Waals surface area contributed by atoms with Gasteiger partial charge >= 0.3 is 6.03 Å². The summed E-state index contributed by atoms with van der Waals surface area (Å²) in [6.07, 6.45) is 0. The smallest absolute Gasteiger partial charge is 0.315 e. The summed E-state index contributed by atoms with van der Waals surface area (Å²) in [6.45, 7) is -1.56. The Morgan fingerprint density at radius 3 is 1.92 bits per heavy atom. The van der Waals surface area contributed by atoms with E-state index in [0.29, 0.717) is 0 Å². The Kier molecular flexibility index (Phi) is 4.57. The summed E-state index contributed by atoms with van der Waals surface area (Å²) in [7, 11) is 1.40. The highest BCUT2D eigenvalue weighted by Gasteiger charge is 2.29. The summed E-state index contributed by atoms with van der Waals surface area (Å²) in [6, 6.07) is -0.563. The highest BCUT2D eigenvalue weighted by molar-refractivity contribution is 5.74. The molecule has 0 radical (unpaired) electrons. The van der Waals surface area contributed by atoms with Gasteiger partial charge in [0.15, 0.2) is 0 Å². The number of aliphatic hydroxyl groups excluding tert-OH is 3. The lowest BCUT2D eigenvalue weighted by molar-refractivity contribution is 0.0495. The van der Waals surface area contributed by atoms with Gasteiger partial charge in [-0.25, -0.2) is 4.79 Å². The van der Waals surface area contributed by atoms with E-state index in [9.17, 15) is 4.79 Å². The first-order valence-electron chi connectivity index (χ1n) is 3.46. The molecule has 2 amide bonds. The molecule has 0 aromatic rings. The third-order valence-electron chi connectivity index (χ3n) is 1.51. The number of rotatable bonds is 4. The average molecular weight is 178 g/mol. The number of urea groups is 1. The number of carbonyl (C=O) groups is 1. The molecule has 0 fully saturated rings. The van der Waals surface area contributed by atoms with Crippen LogP contribution in [-0.4, -0.2) is 53.8 Å². The monoisotopic (exact) mass is 178 g/mol. The summed E-state index contributed by atoms with van der Waals surface area (Å²) in [5.74, 6) is 0. The number of carbonyl (C=O) groups excluding carboxylic acids is 1. The first-order chi connectivity index (χ1) is 5.64. The van der Waals surface area contributed by atoms with Gasteiger partial charge in [0.1, 0.15) is 5.54 Å². The summed E-state index contributed by atoms with van der Waals surface area (Å²) >= 11 is 0. The van der Waals surface area contributed by atoms with Gasteiger partial charge in [0.05, 0.1) is 19.8 Å². The van der Waals surface area contributed by atoms with Crippen LogP contribution in [0.3, 0.4) is 0 Å². The molecule has 0 aliphatic rings. The van der Waals surface area contributed by atoms with Gasteiger partial charge < -0.3 is 26.0 Å². The van der Waals surface area contributed by atoms with Crippen LogP contribution < -0.4 is 10.6 Å². The Bertz CT molecular complexity index is 138. The van der Waals surface area contributed by atoms with Gasteiger partial charge in [-0.1, -0.05) is 0 Å². The van der Waals surface area contributed by atoms with E-state index in [4.69, 9.17) is 15.3 Å². The maximum atomic E-state index is 10.7. The zero-order valence-corrected chi connectivity index (χ0v) is 6.87. The number of aliphatic hydroxyl groups is 3. The lowest BCUT2D eigenvalue weighted by atomic mass is 10.0. The summed E-state index contributed by atoms with van der Waals surface area (Å²) in [5, 5.41) is 30.7. The Morgan fingerprint density at radius 2 is 1.67 bits per heavy atom. The second kappa shape index (κ2) is 4.91. The zero-order valence-electron chi connectivity index (χ0n) is 6.87. The van der Waals surface area contributed by atoms with Crippen molar-refractivity contribution in [3.63, 3.8) is 0 Å². The maximum absolute atomic E-state index is 10.7. The molecule has 0 unspecified atom stereocenters. The molecular formula is C6H14N2O4. The van der Waals surface area contributed by atoms with E-state index in [2.05, 4.69) is 10.6 Å². The molecule has 0 spiro atoms. The topological polar surface area (TPSA) is 102 Å². The molecule has 0 rings (SSSR count). The Morgan fingerprint density at radius 1 is 1.25 bits per heavy atom. The van der Waals surface area contributed by atoms with Crippen LogP contribution in [0, 0.1) is 0 Å². The molecule has 0 aromatic carbocycles. The average Bonchev–Trinajstić information content (AvgIpc) is 2.14. The van der Waals surface area contributed by atoms with Gasteiger partial charge in [-0.2, -0.15) is 0 Å². The van der Waals surface area contributed by atoms with Crippen molar-refractivity contribution in [2.45, 2.75) is 5.54 Å². The second-order valence-electron chi connectivity index (χ2n) is 2.46. The number of hydrogen-bond donors (Lipinski definition) is 5. The van der Waals surface area contributed by atoms with E-state index in [-0.39, 0.29) is 0 Å². The first-order valence-corrected chi connectivity index (χ1v) is 3.46. The van der Waals surface area contributed by atoms with Crippen molar-refractivity contribution in [1.82, 2.24) is 10.6 Å². The summed E-state index contributed by atoms with van der Waals surface area (Å²) in [4.78, 5) is 10.7. The SMILES string of the molecule is CNC(=O)NC(CO)(CO)CO. The first kappa shape index (κ1) is 11.2. The van der Waals surface area contributed by atoms with Crippen molar-refractivity contribution in [2.75, 3.05) is 26.9 Å². The van der Waals surface area contributed by atoms with Crippen molar-refractivity contribution in [3.05, 3.63) is 0 Å². The standard InChI is InChI=1S/C6H14N2O4/c1-7-5(12)8-6(2-9,3-10)4-11/h9-11H,2-4H2,1H3,(H2,7,8,12). The van der Waals surface area contributed by atoms with Crippen LogP contribution in [0.4, 0.5) is 4.79 Å². The molecule has 12 heavy (non-hydrogen) atoms. The zero-order chi connectivity index (χ0) is 9.61. The maximum Gasteiger partial charge on any atom is 0.315 e. The molecule has 0 heterocycles. The highest BCUT2D eigenvalue weighted by Crippen LogP contribution is 2.00. The fourth-order valence-corrected chi connectivity index (χ4v) is 0.572. The van der Waals surface area contributed by atoms with E-state index in [0.717, 1.165) is 0 Å². The third kappa shape index (κ3) is 2.65. The Hall–Kier alpha value is -0.850. The van der Waals surface area contributed by atoms with Crippen LogP contribution in [0.25, 0.3) is 0 Å². The van der Waals surface area contributed by atoms with Crippen LogP contribution in [0.5, 0.6) is 0 Å². The minimum Gasteiger partial charge on any atom is -0.394 e. The summed E-state index contributed by atoms with van der Waals surface area (Å²) < 4.78 is 0. The highest BCUT2D eigenvalue weighted by atomic mass is 16.3. The fraction of sp³-hybridized carbons (Fsp3) is 0.833. The largest absolute Gasteiger partial charge is 0.394 e. The quantitative estimate of drug-likeness (QED) is 0.332. The lowest BCUT2D eigenvalue weighted by Crippen LogP contribution is -2.58. The van der Waals surface area contributed by atoms with Gasteiger partial charge in [0, 0.05) is 7.05 Å². The number of amides is 2. The van der Waals surface area contributed by atoms with Gasteiger partial charge in [0.2, 0.25) is 0 Å². The van der Waals surface area contributed by atoms with Crippen LogP contribution in [0.15, 0.2) is 0 Å². The van der Waals surface area contributed by atoms with Crippen molar-refractivity contribution >= 4 is 6.03 Å². The van der Waals surface area contributed by atoms with E-state index in [1.807, 2.05) is 0 Å². The van der Waals surface area contributed by atoms with Gasteiger partial charge in [0.25, 0.3) is 0 Å². The van der Waals surface area contributed by atoms with Gasteiger partial charge in [-0.3, -0.25) is 0 Å². The molecule has 0 saturated heterocycles. The molecule has 0 aliphatic carbocycles. The van der Waals surface area contributed by atoms with Crippen molar-refractivity contribution in [1.29, 1.82) is 0 Å². The van der Waals surface area contributed by atoms with Crippen molar-refractivity contribution in [2.24, 2.45) is 0 Å². The number of hydrogen-bond acceptors (Lipinski definition) is 4. The molecule has 0 saturated carbocycles. The van der Waals surface area contributed by atoms with Crippen LogP contribution in [-0.2, 0) is 0 Å². The van der Waals surface area contributed by atoms with Crippen LogP contribution in [0.2, 0.25) is 0 Å². The molecule has 0 atom stereocenters. The molecule has 0 bridgehead atoms. The molecule has 6 nitrogen and oxygen atoms in total. The van der Waals surface area contributed by atoms with Gasteiger partial charge in [-0.15, -0.1) is 0 Å². The molecule has 72 valence electrons. The summed E-state index contributed by atoms with van der Waals surface area (Å²) in [5.41, 5.74) is -1.35. The fourth-order valence-electron chi connectivity index (χ4n) is 0.572. The third-order valence-corrected chi connectivity index (χ3v) is 1.51. The number of nitrogens with one attached hydrogen (secondary N) is 2. The molecule has 5 N–H and O–H groups in total. The Labute approximate surface area is 70.2 Å². The van der Waals surface area contributed by atoms with Crippen LogP contribution in [0.1, 0.15) is 0 Å².